The minimum Gasteiger partial charge on any atom is -0.497 e. The maximum Gasteiger partial charge on any atom is 0.433 e. The molecule has 4 rings (SSSR count). The molecule has 8 heteroatoms. The summed E-state index contributed by atoms with van der Waals surface area (Å²) in [5, 5.41) is 10.8. The Morgan fingerprint density at radius 3 is 2.60 bits per heavy atom. The molecule has 0 bridgehead atoms. The van der Waals surface area contributed by atoms with Crippen LogP contribution in [0, 0.1) is 16.0 Å². The number of nitro groups is 1. The quantitative estimate of drug-likeness (QED) is 0.545. The van der Waals surface area contributed by atoms with E-state index in [0.717, 1.165) is 44.5 Å². The summed E-state index contributed by atoms with van der Waals surface area (Å²) in [4.78, 5) is 24.5. The van der Waals surface area contributed by atoms with Crippen LogP contribution in [0.2, 0.25) is 0 Å². The lowest BCUT2D eigenvalue weighted by molar-refractivity contribution is -0.402. The molecule has 1 aromatic carbocycles. The molecule has 160 valence electrons. The highest BCUT2D eigenvalue weighted by atomic mass is 16.6. The van der Waals surface area contributed by atoms with Crippen LogP contribution in [-0.2, 0) is 11.2 Å². The molecule has 1 unspecified atom stereocenters. The summed E-state index contributed by atoms with van der Waals surface area (Å²) in [6.07, 6.45) is 4.55. The molecule has 0 aliphatic carbocycles. The Morgan fingerprint density at radius 1 is 1.23 bits per heavy atom. The van der Waals surface area contributed by atoms with Crippen molar-refractivity contribution in [3.8, 4) is 5.75 Å². The summed E-state index contributed by atoms with van der Waals surface area (Å²) in [7, 11) is 1.67. The Labute approximate surface area is 174 Å². The maximum atomic E-state index is 12.6. The third-order valence-electron chi connectivity index (χ3n) is 6.22. The van der Waals surface area contributed by atoms with Gasteiger partial charge in [-0.25, -0.2) is 0 Å². The number of furan rings is 1. The SMILES string of the molecule is COc1ccc(CC2CCOC3(CCN(C(=O)c4ccc([N+](=O)[O-])o4)CC3)C2)cc1. The average molecular weight is 414 g/mol. The van der Waals surface area contributed by atoms with Gasteiger partial charge in [0.15, 0.2) is 5.76 Å². The van der Waals surface area contributed by atoms with E-state index in [1.54, 1.807) is 12.0 Å². The maximum absolute atomic E-state index is 12.6. The molecule has 0 saturated carbocycles. The van der Waals surface area contributed by atoms with Gasteiger partial charge < -0.3 is 18.8 Å². The summed E-state index contributed by atoms with van der Waals surface area (Å²) >= 11 is 0. The lowest BCUT2D eigenvalue weighted by Gasteiger charge is -2.46. The number of ether oxygens (including phenoxy) is 2. The molecule has 2 aliphatic rings. The summed E-state index contributed by atoms with van der Waals surface area (Å²) in [5.41, 5.74) is 1.10. The van der Waals surface area contributed by atoms with Crippen molar-refractivity contribution in [1.29, 1.82) is 0 Å². The number of rotatable bonds is 5. The number of amides is 1. The van der Waals surface area contributed by atoms with E-state index in [4.69, 9.17) is 13.9 Å². The van der Waals surface area contributed by atoms with Crippen molar-refractivity contribution in [3.63, 3.8) is 0 Å². The van der Waals surface area contributed by atoms with Crippen LogP contribution >= 0.6 is 0 Å². The molecule has 2 fully saturated rings. The van der Waals surface area contributed by atoms with Crippen molar-refractivity contribution in [2.45, 2.75) is 37.7 Å². The van der Waals surface area contributed by atoms with Gasteiger partial charge in [0.25, 0.3) is 5.91 Å². The zero-order valence-electron chi connectivity index (χ0n) is 17.0. The van der Waals surface area contributed by atoms with E-state index < -0.39 is 10.8 Å². The van der Waals surface area contributed by atoms with E-state index >= 15 is 0 Å². The largest absolute Gasteiger partial charge is 0.497 e. The fraction of sp³-hybridized carbons (Fsp3) is 0.500. The lowest BCUT2D eigenvalue weighted by Crippen LogP contribution is -2.51. The molecule has 1 spiro atoms. The van der Waals surface area contributed by atoms with Gasteiger partial charge in [-0.05, 0) is 61.8 Å². The van der Waals surface area contributed by atoms with Crippen LogP contribution in [-0.4, -0.2) is 48.1 Å². The molecular weight excluding hydrogens is 388 g/mol. The number of carbonyl (C=O) groups excluding carboxylic acids is 1. The number of benzene rings is 1. The van der Waals surface area contributed by atoms with Crippen LogP contribution in [0.1, 0.15) is 41.8 Å². The van der Waals surface area contributed by atoms with Crippen molar-refractivity contribution in [2.24, 2.45) is 5.92 Å². The summed E-state index contributed by atoms with van der Waals surface area (Å²) < 4.78 is 16.5. The van der Waals surface area contributed by atoms with E-state index in [1.165, 1.54) is 17.7 Å². The Bertz CT molecular complexity index is 899. The monoisotopic (exact) mass is 414 g/mol. The first-order chi connectivity index (χ1) is 14.5. The predicted molar refractivity (Wildman–Crippen MR) is 109 cm³/mol. The number of likely N-dealkylation sites (tertiary alicyclic amines) is 1. The number of hydrogen-bond acceptors (Lipinski definition) is 6. The second kappa shape index (κ2) is 8.47. The van der Waals surface area contributed by atoms with Crippen LogP contribution in [0.5, 0.6) is 5.75 Å². The number of methoxy groups -OCH3 is 1. The molecule has 2 aromatic rings. The zero-order chi connectivity index (χ0) is 21.1. The van der Waals surface area contributed by atoms with Crippen molar-refractivity contribution in [2.75, 3.05) is 26.8 Å². The normalized spacial score (nSPS) is 20.8. The Kier molecular flexibility index (Phi) is 5.76. The molecule has 3 heterocycles. The Balaban J connectivity index is 1.34. The van der Waals surface area contributed by atoms with E-state index in [2.05, 4.69) is 12.1 Å². The van der Waals surface area contributed by atoms with Crippen LogP contribution in [0.3, 0.4) is 0 Å². The Morgan fingerprint density at radius 2 is 1.97 bits per heavy atom. The first-order valence-corrected chi connectivity index (χ1v) is 10.3. The summed E-state index contributed by atoms with van der Waals surface area (Å²) in [6, 6.07) is 10.8. The molecule has 1 amide bonds. The van der Waals surface area contributed by atoms with Gasteiger partial charge in [-0.3, -0.25) is 14.9 Å². The highest BCUT2D eigenvalue weighted by Gasteiger charge is 2.41. The van der Waals surface area contributed by atoms with Gasteiger partial charge in [0, 0.05) is 19.7 Å². The van der Waals surface area contributed by atoms with Gasteiger partial charge in [-0.1, -0.05) is 12.1 Å². The highest BCUT2D eigenvalue weighted by molar-refractivity contribution is 5.91. The molecule has 8 nitrogen and oxygen atoms in total. The average Bonchev–Trinajstić information content (AvgIpc) is 3.25. The number of piperidine rings is 1. The molecule has 1 aromatic heterocycles. The predicted octanol–water partition coefficient (Wildman–Crippen LogP) is 3.84. The van der Waals surface area contributed by atoms with Gasteiger partial charge in [0.1, 0.15) is 10.7 Å². The third-order valence-corrected chi connectivity index (χ3v) is 6.22. The standard InChI is InChI=1S/C22H26N2O6/c1-28-18-4-2-16(3-5-18)14-17-8-13-29-22(15-17)9-11-23(12-10-22)21(25)19-6-7-20(30-19)24(26)27/h2-7,17H,8-15H2,1H3. The molecule has 0 N–H and O–H groups in total. The van der Waals surface area contributed by atoms with Crippen molar-refractivity contribution in [1.82, 2.24) is 4.90 Å². The van der Waals surface area contributed by atoms with Gasteiger partial charge in [0.2, 0.25) is 0 Å². The smallest absolute Gasteiger partial charge is 0.433 e. The van der Waals surface area contributed by atoms with Gasteiger partial charge in [0.05, 0.1) is 18.8 Å². The topological polar surface area (TPSA) is 95.0 Å². The van der Waals surface area contributed by atoms with Crippen LogP contribution in [0.4, 0.5) is 5.88 Å². The van der Waals surface area contributed by atoms with Crippen molar-refractivity contribution < 1.29 is 23.6 Å². The number of hydrogen-bond donors (Lipinski definition) is 0. The summed E-state index contributed by atoms with van der Waals surface area (Å²) in [6.45, 7) is 1.85. The molecular formula is C22H26N2O6. The zero-order valence-corrected chi connectivity index (χ0v) is 17.0. The molecule has 2 saturated heterocycles. The van der Waals surface area contributed by atoms with Crippen molar-refractivity contribution >= 4 is 11.8 Å². The summed E-state index contributed by atoms with van der Waals surface area (Å²) in [5.74, 6) is 0.704. The first-order valence-electron chi connectivity index (χ1n) is 10.3. The molecule has 1 atom stereocenters. The molecule has 0 radical (unpaired) electrons. The van der Waals surface area contributed by atoms with E-state index in [0.29, 0.717) is 19.0 Å². The molecule has 30 heavy (non-hydrogen) atoms. The number of carbonyl (C=O) groups is 1. The van der Waals surface area contributed by atoms with E-state index in [1.807, 2.05) is 12.1 Å². The van der Waals surface area contributed by atoms with E-state index in [9.17, 15) is 14.9 Å². The van der Waals surface area contributed by atoms with Crippen LogP contribution in [0.15, 0.2) is 40.8 Å². The van der Waals surface area contributed by atoms with Crippen LogP contribution in [0.25, 0.3) is 0 Å². The Hall–Kier alpha value is -2.87. The second-order valence-electron chi connectivity index (χ2n) is 8.13. The van der Waals surface area contributed by atoms with E-state index in [-0.39, 0.29) is 17.3 Å². The fourth-order valence-corrected chi connectivity index (χ4v) is 4.56. The van der Waals surface area contributed by atoms with Gasteiger partial charge >= 0.3 is 5.88 Å². The minimum atomic E-state index is -0.638. The van der Waals surface area contributed by atoms with Crippen molar-refractivity contribution in [3.05, 3.63) is 57.8 Å². The lowest BCUT2D eigenvalue weighted by atomic mass is 9.77. The highest BCUT2D eigenvalue weighted by Crippen LogP contribution is 2.39. The van der Waals surface area contributed by atoms with Crippen LogP contribution < -0.4 is 4.74 Å². The molecule has 2 aliphatic heterocycles. The first kappa shape index (κ1) is 20.4. The minimum absolute atomic E-state index is 0.0135. The van der Waals surface area contributed by atoms with Gasteiger partial charge in [-0.2, -0.15) is 0 Å². The number of nitrogens with zero attached hydrogens (tertiary/aromatic N) is 2. The van der Waals surface area contributed by atoms with Gasteiger partial charge in [-0.15, -0.1) is 0 Å². The second-order valence-corrected chi connectivity index (χ2v) is 8.13. The fourth-order valence-electron chi connectivity index (χ4n) is 4.56. The third kappa shape index (κ3) is 4.33.